The number of primary sulfonamides is 1. The molecule has 1 aliphatic heterocycles. The number of rotatable bonds is 5. The molecule has 1 aromatic heterocycles. The molecule has 14 heteroatoms. The van der Waals surface area contributed by atoms with Crippen LogP contribution in [-0.2, 0) is 40.9 Å². The first-order valence-corrected chi connectivity index (χ1v) is 13.4. The van der Waals surface area contributed by atoms with E-state index in [1.807, 2.05) is 0 Å². The van der Waals surface area contributed by atoms with E-state index in [2.05, 4.69) is 4.99 Å². The average molecular weight is 491 g/mol. The summed E-state index contributed by atoms with van der Waals surface area (Å²) in [5, 5.41) is 5.19. The lowest BCUT2D eigenvalue weighted by atomic mass is 9.99. The van der Waals surface area contributed by atoms with Gasteiger partial charge in [-0.15, -0.1) is 0 Å². The molecule has 0 bridgehead atoms. The first-order chi connectivity index (χ1) is 14.4. The maximum Gasteiger partial charge on any atom is 0.325 e. The number of nitrogens with two attached hydrogens (primary N) is 1. The van der Waals surface area contributed by atoms with Gasteiger partial charge in [-0.1, -0.05) is 11.3 Å². The molecule has 1 fully saturated rings. The molecule has 1 atom stereocenters. The van der Waals surface area contributed by atoms with E-state index >= 15 is 0 Å². The van der Waals surface area contributed by atoms with Crippen molar-refractivity contribution < 1.29 is 31.2 Å². The van der Waals surface area contributed by atoms with Gasteiger partial charge >= 0.3 is 5.97 Å². The van der Waals surface area contributed by atoms with E-state index in [-0.39, 0.29) is 22.8 Å². The fraction of sp³-hybridized carbons (Fsp3) is 0.471. The number of carbonyl (C=O) groups excluding carboxylic acids is 2. The number of hydrogen-bond donors (Lipinski definition) is 1. The number of aromatic nitrogens is 1. The Morgan fingerprint density at radius 2 is 2.00 bits per heavy atom. The maximum absolute atomic E-state index is 12.8. The Hall–Kier alpha value is -2.13. The molecule has 0 spiro atoms. The predicted octanol–water partition coefficient (Wildman–Crippen LogP) is -0.378. The third kappa shape index (κ3) is 5.38. The van der Waals surface area contributed by atoms with Gasteiger partial charge in [-0.3, -0.25) is 9.59 Å². The Bertz CT molecular complexity index is 1310. The lowest BCUT2D eigenvalue weighted by molar-refractivity contribution is -0.141. The first-order valence-electron chi connectivity index (χ1n) is 9.17. The van der Waals surface area contributed by atoms with E-state index in [9.17, 15) is 26.4 Å². The summed E-state index contributed by atoms with van der Waals surface area (Å²) in [6.07, 6.45) is 2.12. The number of nitrogens with zero attached hydrogens (tertiary/aromatic N) is 3. The van der Waals surface area contributed by atoms with Crippen LogP contribution in [0.25, 0.3) is 10.2 Å². The normalized spacial score (nSPS) is 18.9. The molecule has 2 heterocycles. The Morgan fingerprint density at radius 3 is 2.61 bits per heavy atom. The highest BCUT2D eigenvalue weighted by Gasteiger charge is 2.30. The van der Waals surface area contributed by atoms with Crippen molar-refractivity contribution in [1.82, 2.24) is 8.87 Å². The molecular weight excluding hydrogens is 468 g/mol. The standard InChI is InChI=1S/C17H22N4O7S3/c1-28-15(22)10-21-13-6-5-12(31(18,26)27)8-14(13)29-17(21)19-16(23)11-4-3-7-20(9-11)30(2,24)25/h5-6,8,11H,3-4,7,9-10H2,1-2H3,(H2,18,26,27). The quantitative estimate of drug-likeness (QED) is 0.560. The van der Waals surface area contributed by atoms with Crippen molar-refractivity contribution in [2.24, 2.45) is 16.0 Å². The number of ether oxygens (including phenoxy) is 1. The molecule has 2 aromatic rings. The number of amides is 1. The van der Waals surface area contributed by atoms with Gasteiger partial charge < -0.3 is 9.30 Å². The van der Waals surface area contributed by atoms with E-state index in [4.69, 9.17) is 9.88 Å². The van der Waals surface area contributed by atoms with Crippen LogP contribution < -0.4 is 9.94 Å². The highest BCUT2D eigenvalue weighted by molar-refractivity contribution is 7.89. The number of benzene rings is 1. The summed E-state index contributed by atoms with van der Waals surface area (Å²) in [5.74, 6) is -1.70. The van der Waals surface area contributed by atoms with Crippen LogP contribution in [0.4, 0.5) is 0 Å². The molecule has 1 saturated heterocycles. The largest absolute Gasteiger partial charge is 0.468 e. The van der Waals surface area contributed by atoms with Crippen molar-refractivity contribution in [3.8, 4) is 0 Å². The molecular formula is C17H22N4O7S3. The summed E-state index contributed by atoms with van der Waals surface area (Å²) in [5.41, 5.74) is 0.482. The Kier molecular flexibility index (Phi) is 6.67. The van der Waals surface area contributed by atoms with Gasteiger partial charge in [0.2, 0.25) is 20.0 Å². The lowest BCUT2D eigenvalue weighted by Crippen LogP contribution is -2.41. The van der Waals surface area contributed by atoms with E-state index in [1.54, 1.807) is 0 Å². The first kappa shape index (κ1) is 23.5. The van der Waals surface area contributed by atoms with Gasteiger partial charge in [0.1, 0.15) is 6.54 Å². The second kappa shape index (κ2) is 8.78. The van der Waals surface area contributed by atoms with Crippen LogP contribution in [0.15, 0.2) is 28.1 Å². The lowest BCUT2D eigenvalue weighted by Gasteiger charge is -2.28. The smallest absolute Gasteiger partial charge is 0.325 e. The van der Waals surface area contributed by atoms with Crippen LogP contribution in [0.5, 0.6) is 0 Å². The summed E-state index contributed by atoms with van der Waals surface area (Å²) in [6.45, 7) is 0.153. The van der Waals surface area contributed by atoms with Crippen LogP contribution >= 0.6 is 11.3 Å². The summed E-state index contributed by atoms with van der Waals surface area (Å²) >= 11 is 1.02. The van der Waals surface area contributed by atoms with E-state index in [0.717, 1.165) is 17.6 Å². The number of fused-ring (bicyclic) bond motifs is 1. The minimum Gasteiger partial charge on any atom is -0.468 e. The summed E-state index contributed by atoms with van der Waals surface area (Å²) in [7, 11) is -6.14. The molecule has 0 aliphatic carbocycles. The Morgan fingerprint density at radius 1 is 1.29 bits per heavy atom. The van der Waals surface area contributed by atoms with Gasteiger partial charge in [-0.05, 0) is 31.0 Å². The monoisotopic (exact) mass is 490 g/mol. The minimum absolute atomic E-state index is 0.0403. The molecule has 1 aromatic carbocycles. The van der Waals surface area contributed by atoms with Gasteiger partial charge in [-0.2, -0.15) is 4.99 Å². The van der Waals surface area contributed by atoms with Crippen molar-refractivity contribution in [2.45, 2.75) is 24.3 Å². The van der Waals surface area contributed by atoms with Gasteiger partial charge in [-0.25, -0.2) is 26.3 Å². The van der Waals surface area contributed by atoms with Gasteiger partial charge in [0, 0.05) is 13.1 Å². The molecule has 31 heavy (non-hydrogen) atoms. The molecule has 1 amide bonds. The van der Waals surface area contributed by atoms with Crippen LogP contribution in [0.1, 0.15) is 12.8 Å². The molecule has 1 unspecified atom stereocenters. The fourth-order valence-corrected chi connectivity index (χ4v) is 5.89. The number of hydrogen-bond acceptors (Lipinski definition) is 8. The van der Waals surface area contributed by atoms with Crippen molar-refractivity contribution >= 4 is 53.5 Å². The van der Waals surface area contributed by atoms with Gasteiger partial charge in [0.15, 0.2) is 4.80 Å². The molecule has 2 N–H and O–H groups in total. The number of methoxy groups -OCH3 is 1. The van der Waals surface area contributed by atoms with Gasteiger partial charge in [0.25, 0.3) is 5.91 Å². The van der Waals surface area contributed by atoms with Crippen LogP contribution in [0.2, 0.25) is 0 Å². The highest BCUT2D eigenvalue weighted by atomic mass is 32.2. The third-order valence-corrected chi connectivity index (χ3v) is 8.13. The Balaban J connectivity index is 2.06. The molecule has 0 saturated carbocycles. The van der Waals surface area contributed by atoms with Crippen LogP contribution in [-0.4, -0.2) is 64.0 Å². The molecule has 0 radical (unpaired) electrons. The maximum atomic E-state index is 12.8. The number of thiazole rings is 1. The highest BCUT2D eigenvalue weighted by Crippen LogP contribution is 2.23. The molecule has 3 rings (SSSR count). The average Bonchev–Trinajstić information content (AvgIpc) is 3.02. The van der Waals surface area contributed by atoms with Crippen molar-refractivity contribution in [3.05, 3.63) is 23.0 Å². The van der Waals surface area contributed by atoms with E-state index < -0.39 is 37.8 Å². The summed E-state index contributed by atoms with van der Waals surface area (Å²) in [4.78, 5) is 28.9. The topological polar surface area (TPSA) is 158 Å². The Labute approximate surface area is 183 Å². The zero-order chi connectivity index (χ0) is 23.0. The van der Waals surface area contributed by atoms with Crippen molar-refractivity contribution in [2.75, 3.05) is 26.5 Å². The number of piperidine rings is 1. The zero-order valence-corrected chi connectivity index (χ0v) is 19.3. The second-order valence-corrected chi connectivity index (χ2v) is 11.7. The molecule has 1 aliphatic rings. The fourth-order valence-electron chi connectivity index (χ4n) is 3.29. The van der Waals surface area contributed by atoms with Crippen molar-refractivity contribution in [3.63, 3.8) is 0 Å². The minimum atomic E-state index is -3.94. The third-order valence-electron chi connectivity index (χ3n) is 4.91. The second-order valence-electron chi connectivity index (χ2n) is 7.13. The van der Waals surface area contributed by atoms with Crippen molar-refractivity contribution in [1.29, 1.82) is 0 Å². The number of sulfonamides is 2. The van der Waals surface area contributed by atoms with Crippen LogP contribution in [0.3, 0.4) is 0 Å². The zero-order valence-electron chi connectivity index (χ0n) is 16.8. The summed E-state index contributed by atoms with van der Waals surface area (Å²) in [6, 6.07) is 4.12. The van der Waals surface area contributed by atoms with E-state index in [1.165, 1.54) is 34.2 Å². The van der Waals surface area contributed by atoms with Gasteiger partial charge in [0.05, 0.1) is 34.4 Å². The molecule has 11 nitrogen and oxygen atoms in total. The molecule has 170 valence electrons. The number of carbonyl (C=O) groups is 2. The predicted molar refractivity (Wildman–Crippen MR) is 113 cm³/mol. The number of esters is 1. The van der Waals surface area contributed by atoms with E-state index in [0.29, 0.717) is 29.6 Å². The van der Waals surface area contributed by atoms with Crippen LogP contribution in [0, 0.1) is 5.92 Å². The SMILES string of the molecule is COC(=O)Cn1c(=NC(=O)C2CCCN(S(C)(=O)=O)C2)sc2cc(S(N)(=O)=O)ccc21. The summed E-state index contributed by atoms with van der Waals surface area (Å²) < 4.78 is 54.8.